The van der Waals surface area contributed by atoms with E-state index in [1.807, 2.05) is 14.0 Å². The van der Waals surface area contributed by atoms with E-state index < -0.39 is 13.0 Å². The van der Waals surface area contributed by atoms with E-state index in [0.29, 0.717) is 12.5 Å². The van der Waals surface area contributed by atoms with Crippen LogP contribution in [0.2, 0.25) is 0 Å². The summed E-state index contributed by atoms with van der Waals surface area (Å²) < 4.78 is 28.7. The summed E-state index contributed by atoms with van der Waals surface area (Å²) in [6.45, 7) is 2.06. The van der Waals surface area contributed by atoms with Gasteiger partial charge in [0.25, 0.3) is 6.43 Å². The molecule has 5 nitrogen and oxygen atoms in total. The number of hydrogen-bond acceptors (Lipinski definition) is 5. The van der Waals surface area contributed by atoms with Gasteiger partial charge < -0.3 is 15.4 Å². The van der Waals surface area contributed by atoms with E-state index in [2.05, 4.69) is 20.6 Å². The molecule has 2 N–H and O–H groups in total. The summed E-state index contributed by atoms with van der Waals surface area (Å²) in [4.78, 5) is 9.00. The summed E-state index contributed by atoms with van der Waals surface area (Å²) in [6.07, 6.45) is -0.167. The van der Waals surface area contributed by atoms with Gasteiger partial charge in [0, 0.05) is 25.1 Å². The lowest BCUT2D eigenvalue weighted by Crippen LogP contribution is -2.15. The van der Waals surface area contributed by atoms with Crippen molar-refractivity contribution in [3.63, 3.8) is 0 Å². The summed E-state index contributed by atoms with van der Waals surface area (Å²) in [5.41, 5.74) is 0.922. The van der Waals surface area contributed by atoms with Crippen molar-refractivity contribution in [2.45, 2.75) is 32.1 Å². The van der Waals surface area contributed by atoms with Crippen LogP contribution in [-0.2, 0) is 4.74 Å². The van der Waals surface area contributed by atoms with Gasteiger partial charge >= 0.3 is 0 Å². The van der Waals surface area contributed by atoms with Crippen LogP contribution >= 0.6 is 0 Å². The minimum absolute atomic E-state index is 0.224. The van der Waals surface area contributed by atoms with E-state index in [4.69, 9.17) is 4.74 Å². The molecular formula is C13H20F2N4O. The zero-order chi connectivity index (χ0) is 14.5. The molecule has 20 heavy (non-hydrogen) atoms. The molecule has 112 valence electrons. The number of alkyl halides is 2. The van der Waals surface area contributed by atoms with Crippen LogP contribution in [0.25, 0.3) is 0 Å². The van der Waals surface area contributed by atoms with E-state index in [-0.39, 0.29) is 6.61 Å². The molecular weight excluding hydrogens is 266 g/mol. The molecule has 7 heteroatoms. The molecule has 1 heterocycles. The first kappa shape index (κ1) is 14.9. The number of nitrogens with one attached hydrogen (secondary N) is 2. The lowest BCUT2D eigenvalue weighted by molar-refractivity contribution is 0.0214. The third-order valence-corrected chi connectivity index (χ3v) is 3.13. The Morgan fingerprint density at radius 2 is 2.00 bits per heavy atom. The molecule has 1 aromatic heterocycles. The molecule has 0 spiro atoms. The third-order valence-electron chi connectivity index (χ3n) is 3.13. The zero-order valence-corrected chi connectivity index (χ0v) is 11.7. The topological polar surface area (TPSA) is 59.1 Å². The molecule has 1 saturated carbocycles. The zero-order valence-electron chi connectivity index (χ0n) is 11.7. The number of hydrogen-bond donors (Lipinski definition) is 2. The SMILES string of the molecule is CNc1nc(C2CC2)nc(NCCOCC(F)F)c1C. The summed E-state index contributed by atoms with van der Waals surface area (Å²) in [5, 5.41) is 6.18. The highest BCUT2D eigenvalue weighted by molar-refractivity contribution is 5.57. The quantitative estimate of drug-likeness (QED) is 0.719. The standard InChI is InChI=1S/C13H20F2N4O/c1-8-11(16-2)18-13(9-3-4-9)19-12(8)17-5-6-20-7-10(14)15/h9-10H,3-7H2,1-2H3,(H2,16,17,18,19). The fraction of sp³-hybridized carbons (Fsp3) is 0.692. The summed E-state index contributed by atoms with van der Waals surface area (Å²) in [6, 6.07) is 0. The van der Waals surface area contributed by atoms with Crippen LogP contribution in [0, 0.1) is 6.92 Å². The first-order valence-electron chi connectivity index (χ1n) is 6.78. The van der Waals surface area contributed by atoms with Crippen molar-refractivity contribution in [3.05, 3.63) is 11.4 Å². The number of rotatable bonds is 8. The normalized spacial score (nSPS) is 14.7. The van der Waals surface area contributed by atoms with E-state index >= 15 is 0 Å². The molecule has 1 aliphatic rings. The van der Waals surface area contributed by atoms with Gasteiger partial charge in [0.2, 0.25) is 0 Å². The summed E-state index contributed by atoms with van der Waals surface area (Å²) >= 11 is 0. The Bertz CT molecular complexity index is 452. The average molecular weight is 286 g/mol. The molecule has 2 rings (SSSR count). The van der Waals surface area contributed by atoms with Crippen LogP contribution in [0.1, 0.15) is 30.1 Å². The Morgan fingerprint density at radius 3 is 2.60 bits per heavy atom. The fourth-order valence-corrected chi connectivity index (χ4v) is 1.89. The number of nitrogens with zero attached hydrogens (tertiary/aromatic N) is 2. The maximum Gasteiger partial charge on any atom is 0.261 e. The predicted molar refractivity (Wildman–Crippen MR) is 73.6 cm³/mol. The molecule has 0 radical (unpaired) electrons. The largest absolute Gasteiger partial charge is 0.374 e. The lowest BCUT2D eigenvalue weighted by atomic mass is 10.2. The maximum absolute atomic E-state index is 11.9. The third kappa shape index (κ3) is 4.00. The van der Waals surface area contributed by atoms with Crippen LogP contribution in [0.3, 0.4) is 0 Å². The minimum atomic E-state index is -2.42. The van der Waals surface area contributed by atoms with Crippen LogP contribution in [0.15, 0.2) is 0 Å². The van der Waals surface area contributed by atoms with Crippen LogP contribution < -0.4 is 10.6 Å². The molecule has 0 saturated heterocycles. The molecule has 0 atom stereocenters. The van der Waals surface area contributed by atoms with Gasteiger partial charge in [-0.1, -0.05) is 0 Å². The van der Waals surface area contributed by atoms with Gasteiger partial charge in [-0.15, -0.1) is 0 Å². The molecule has 1 aliphatic carbocycles. The Kier molecular flexibility index (Phi) is 5.05. The summed E-state index contributed by atoms with van der Waals surface area (Å²) in [5.74, 6) is 2.85. The lowest BCUT2D eigenvalue weighted by Gasteiger charge is -2.13. The first-order valence-corrected chi connectivity index (χ1v) is 6.78. The van der Waals surface area contributed by atoms with E-state index in [1.165, 1.54) is 0 Å². The molecule has 0 unspecified atom stereocenters. The molecule has 0 bridgehead atoms. The van der Waals surface area contributed by atoms with Gasteiger partial charge in [0.1, 0.15) is 24.1 Å². The van der Waals surface area contributed by atoms with E-state index in [0.717, 1.165) is 35.9 Å². The van der Waals surface area contributed by atoms with Gasteiger partial charge in [0.05, 0.1) is 6.61 Å². The molecule has 1 fully saturated rings. The highest BCUT2D eigenvalue weighted by Gasteiger charge is 2.28. The number of halogens is 2. The van der Waals surface area contributed by atoms with Crippen molar-refractivity contribution in [1.29, 1.82) is 0 Å². The van der Waals surface area contributed by atoms with Gasteiger partial charge in [0.15, 0.2) is 0 Å². The highest BCUT2D eigenvalue weighted by Crippen LogP contribution is 2.39. The van der Waals surface area contributed by atoms with Gasteiger partial charge in [-0.2, -0.15) is 0 Å². The van der Waals surface area contributed by atoms with E-state index in [1.54, 1.807) is 0 Å². The molecule has 0 aliphatic heterocycles. The van der Waals surface area contributed by atoms with Crippen LogP contribution in [-0.4, -0.2) is 43.2 Å². The van der Waals surface area contributed by atoms with E-state index in [9.17, 15) is 8.78 Å². The Balaban J connectivity index is 1.93. The second-order valence-corrected chi connectivity index (χ2v) is 4.82. The minimum Gasteiger partial charge on any atom is -0.374 e. The Labute approximate surface area is 117 Å². The highest BCUT2D eigenvalue weighted by atomic mass is 19.3. The van der Waals surface area contributed by atoms with Crippen molar-refractivity contribution in [1.82, 2.24) is 9.97 Å². The Morgan fingerprint density at radius 1 is 1.30 bits per heavy atom. The van der Waals surface area contributed by atoms with Gasteiger partial charge in [-0.25, -0.2) is 18.7 Å². The molecule has 0 aromatic carbocycles. The van der Waals surface area contributed by atoms with Crippen LogP contribution in [0.4, 0.5) is 20.4 Å². The van der Waals surface area contributed by atoms with Crippen molar-refractivity contribution in [2.75, 3.05) is 37.4 Å². The number of ether oxygens (including phenoxy) is 1. The van der Waals surface area contributed by atoms with Crippen molar-refractivity contribution < 1.29 is 13.5 Å². The second kappa shape index (κ2) is 6.78. The first-order chi connectivity index (χ1) is 9.61. The number of aromatic nitrogens is 2. The van der Waals surface area contributed by atoms with Crippen molar-refractivity contribution >= 4 is 11.6 Å². The monoisotopic (exact) mass is 286 g/mol. The molecule has 1 aromatic rings. The van der Waals surface area contributed by atoms with Crippen LogP contribution in [0.5, 0.6) is 0 Å². The smallest absolute Gasteiger partial charge is 0.261 e. The van der Waals surface area contributed by atoms with Crippen molar-refractivity contribution in [2.24, 2.45) is 0 Å². The maximum atomic E-state index is 11.9. The Hall–Kier alpha value is -1.50. The fourth-order valence-electron chi connectivity index (χ4n) is 1.89. The van der Waals surface area contributed by atoms with Crippen molar-refractivity contribution in [3.8, 4) is 0 Å². The van der Waals surface area contributed by atoms with Gasteiger partial charge in [-0.3, -0.25) is 0 Å². The number of anilines is 2. The predicted octanol–water partition coefficient (Wildman–Crippen LogP) is 2.40. The second-order valence-electron chi connectivity index (χ2n) is 4.82. The summed E-state index contributed by atoms with van der Waals surface area (Å²) in [7, 11) is 1.82. The average Bonchev–Trinajstić information content (AvgIpc) is 3.24. The van der Waals surface area contributed by atoms with Gasteiger partial charge in [-0.05, 0) is 19.8 Å². The molecule has 0 amide bonds.